The van der Waals surface area contributed by atoms with E-state index in [9.17, 15) is 4.79 Å². The Balaban J connectivity index is 1.46. The van der Waals surface area contributed by atoms with E-state index in [-0.39, 0.29) is 17.8 Å². The Morgan fingerprint density at radius 3 is 3.10 bits per heavy atom. The molecule has 1 aliphatic heterocycles. The number of nitrogens with one attached hydrogen (secondary N) is 2. The number of nitrogens with zero attached hydrogens (tertiary/aromatic N) is 3. The first-order valence-electron chi connectivity index (χ1n) is 7.16. The van der Waals surface area contributed by atoms with Crippen LogP contribution in [-0.4, -0.2) is 27.6 Å². The van der Waals surface area contributed by atoms with Gasteiger partial charge in [-0.2, -0.15) is 4.98 Å². The van der Waals surface area contributed by atoms with Gasteiger partial charge in [0.25, 0.3) is 11.7 Å². The lowest BCUT2D eigenvalue weighted by molar-refractivity contribution is 0.101. The highest BCUT2D eigenvalue weighted by molar-refractivity contribution is 7.15. The number of fused-ring (bicyclic) bond motifs is 1. The number of anilines is 1. The van der Waals surface area contributed by atoms with Crippen molar-refractivity contribution in [2.45, 2.75) is 38.1 Å². The fraction of sp³-hybridized carbons (Fsp3) is 0.538. The molecule has 0 spiro atoms. The largest absolute Gasteiger partial charge is 0.337 e. The Labute approximate surface area is 125 Å². The van der Waals surface area contributed by atoms with Crippen molar-refractivity contribution < 1.29 is 9.32 Å². The number of carbonyl (C=O) groups is 1. The summed E-state index contributed by atoms with van der Waals surface area (Å²) >= 11 is 1.54. The summed E-state index contributed by atoms with van der Waals surface area (Å²) in [6.07, 6.45) is 5.26. The minimum atomic E-state index is -0.365. The Hall–Kier alpha value is -1.80. The molecule has 2 aliphatic rings. The van der Waals surface area contributed by atoms with Gasteiger partial charge in [0.1, 0.15) is 0 Å². The van der Waals surface area contributed by atoms with Gasteiger partial charge in [-0.25, -0.2) is 4.98 Å². The maximum atomic E-state index is 12.1. The van der Waals surface area contributed by atoms with E-state index in [2.05, 4.69) is 25.8 Å². The van der Waals surface area contributed by atoms with Crippen molar-refractivity contribution in [1.29, 1.82) is 0 Å². The van der Waals surface area contributed by atoms with E-state index in [1.807, 2.05) is 0 Å². The number of hydrogen-bond acceptors (Lipinski definition) is 7. The summed E-state index contributed by atoms with van der Waals surface area (Å²) in [7, 11) is 0. The summed E-state index contributed by atoms with van der Waals surface area (Å²) in [4.78, 5) is 22.0. The van der Waals surface area contributed by atoms with Gasteiger partial charge in [-0.15, -0.1) is 11.3 Å². The molecule has 1 saturated heterocycles. The Morgan fingerprint density at radius 2 is 2.29 bits per heavy atom. The summed E-state index contributed by atoms with van der Waals surface area (Å²) in [5, 5.41) is 10.4. The second-order valence-electron chi connectivity index (χ2n) is 5.30. The molecule has 0 aromatic carbocycles. The molecule has 0 bridgehead atoms. The maximum absolute atomic E-state index is 12.1. The van der Waals surface area contributed by atoms with Crippen LogP contribution in [0.1, 0.15) is 52.4 Å². The predicted molar refractivity (Wildman–Crippen MR) is 76.4 cm³/mol. The van der Waals surface area contributed by atoms with Crippen LogP contribution in [0.3, 0.4) is 0 Å². The van der Waals surface area contributed by atoms with Crippen LogP contribution in [-0.2, 0) is 12.8 Å². The van der Waals surface area contributed by atoms with E-state index in [1.165, 1.54) is 16.2 Å². The second kappa shape index (κ2) is 5.19. The van der Waals surface area contributed by atoms with Crippen LogP contribution in [0.15, 0.2) is 4.52 Å². The Kier molecular flexibility index (Phi) is 3.19. The first kappa shape index (κ1) is 12.9. The van der Waals surface area contributed by atoms with Gasteiger partial charge in [-0.1, -0.05) is 5.16 Å². The molecule has 1 atom stereocenters. The number of carbonyl (C=O) groups excluding carboxylic acids is 1. The molecule has 8 heteroatoms. The lowest BCUT2D eigenvalue weighted by Gasteiger charge is -2.01. The van der Waals surface area contributed by atoms with Crippen molar-refractivity contribution in [2.24, 2.45) is 0 Å². The van der Waals surface area contributed by atoms with Crippen molar-refractivity contribution in [3.63, 3.8) is 0 Å². The van der Waals surface area contributed by atoms with Gasteiger partial charge in [0.15, 0.2) is 5.13 Å². The van der Waals surface area contributed by atoms with Crippen LogP contribution >= 0.6 is 11.3 Å². The van der Waals surface area contributed by atoms with Crippen molar-refractivity contribution in [1.82, 2.24) is 20.4 Å². The lowest BCUT2D eigenvalue weighted by Crippen LogP contribution is -2.15. The normalized spacial score (nSPS) is 20.7. The molecule has 2 aromatic rings. The summed E-state index contributed by atoms with van der Waals surface area (Å²) in [6, 6.07) is 0.0720. The van der Waals surface area contributed by atoms with Crippen molar-refractivity contribution >= 4 is 22.4 Å². The molecule has 1 amide bonds. The average molecular weight is 305 g/mol. The van der Waals surface area contributed by atoms with E-state index in [0.29, 0.717) is 11.0 Å². The molecule has 2 N–H and O–H groups in total. The molecule has 1 fully saturated rings. The predicted octanol–water partition coefficient (Wildman–Crippen LogP) is 1.69. The molecule has 0 radical (unpaired) electrons. The van der Waals surface area contributed by atoms with Gasteiger partial charge in [-0.05, 0) is 38.6 Å². The standard InChI is InChI=1S/C13H15N5O2S/c19-11(17-13-15-7-3-1-5-9(7)21-13)10-16-12(20-18-10)8-4-2-6-14-8/h8,14H,1-6H2,(H,15,17,19). The fourth-order valence-electron chi connectivity index (χ4n) is 2.76. The van der Waals surface area contributed by atoms with E-state index in [1.54, 1.807) is 0 Å². The van der Waals surface area contributed by atoms with Crippen LogP contribution < -0.4 is 10.6 Å². The summed E-state index contributed by atoms with van der Waals surface area (Å²) in [5.74, 6) is 0.184. The number of amides is 1. The number of aryl methyl sites for hydroxylation is 2. The molecule has 1 aliphatic carbocycles. The van der Waals surface area contributed by atoms with Gasteiger partial charge in [0, 0.05) is 4.88 Å². The van der Waals surface area contributed by atoms with Gasteiger partial charge in [0.2, 0.25) is 5.89 Å². The average Bonchev–Trinajstić information content (AvgIpc) is 3.22. The highest BCUT2D eigenvalue weighted by Crippen LogP contribution is 2.30. The third-order valence-corrected chi connectivity index (χ3v) is 4.89. The van der Waals surface area contributed by atoms with Crippen molar-refractivity contribution in [2.75, 3.05) is 11.9 Å². The minimum absolute atomic E-state index is 0.0639. The van der Waals surface area contributed by atoms with Crippen LogP contribution in [0.2, 0.25) is 0 Å². The zero-order chi connectivity index (χ0) is 14.2. The molecule has 3 heterocycles. The highest BCUT2D eigenvalue weighted by atomic mass is 32.1. The molecule has 110 valence electrons. The van der Waals surface area contributed by atoms with Crippen molar-refractivity contribution in [3.8, 4) is 0 Å². The lowest BCUT2D eigenvalue weighted by atomic mass is 10.2. The monoisotopic (exact) mass is 305 g/mol. The maximum Gasteiger partial charge on any atom is 0.298 e. The molecular weight excluding hydrogens is 290 g/mol. The third-order valence-electron chi connectivity index (χ3n) is 3.82. The van der Waals surface area contributed by atoms with Gasteiger partial charge >= 0.3 is 0 Å². The fourth-order valence-corrected chi connectivity index (χ4v) is 3.81. The number of hydrogen-bond donors (Lipinski definition) is 2. The van der Waals surface area contributed by atoms with Crippen molar-refractivity contribution in [3.05, 3.63) is 22.3 Å². The highest BCUT2D eigenvalue weighted by Gasteiger charge is 2.25. The van der Waals surface area contributed by atoms with Crippen LogP contribution in [0.5, 0.6) is 0 Å². The SMILES string of the molecule is O=C(Nc1nc2c(s1)CCC2)c1noc(C2CCCN2)n1. The summed E-state index contributed by atoms with van der Waals surface area (Å²) in [5.41, 5.74) is 1.11. The summed E-state index contributed by atoms with van der Waals surface area (Å²) < 4.78 is 5.17. The van der Waals surface area contributed by atoms with Crippen LogP contribution in [0, 0.1) is 0 Å². The first-order chi connectivity index (χ1) is 10.3. The molecule has 21 heavy (non-hydrogen) atoms. The van der Waals surface area contributed by atoms with Gasteiger partial charge in [-0.3, -0.25) is 10.1 Å². The third kappa shape index (κ3) is 2.44. The Bertz CT molecular complexity index is 652. The van der Waals surface area contributed by atoms with Crippen LogP contribution in [0.25, 0.3) is 0 Å². The smallest absolute Gasteiger partial charge is 0.298 e. The minimum Gasteiger partial charge on any atom is -0.337 e. The first-order valence-corrected chi connectivity index (χ1v) is 7.98. The van der Waals surface area contributed by atoms with Gasteiger partial charge < -0.3 is 9.84 Å². The molecular formula is C13H15N5O2S. The molecule has 4 rings (SSSR count). The quantitative estimate of drug-likeness (QED) is 0.896. The number of rotatable bonds is 3. The topological polar surface area (TPSA) is 92.9 Å². The molecule has 2 aromatic heterocycles. The second-order valence-corrected chi connectivity index (χ2v) is 6.39. The zero-order valence-electron chi connectivity index (χ0n) is 11.4. The van der Waals surface area contributed by atoms with Crippen LogP contribution in [0.4, 0.5) is 5.13 Å². The van der Waals surface area contributed by atoms with E-state index in [4.69, 9.17) is 4.52 Å². The van der Waals surface area contributed by atoms with E-state index in [0.717, 1.165) is 44.3 Å². The zero-order valence-corrected chi connectivity index (χ0v) is 12.2. The molecule has 1 unspecified atom stereocenters. The molecule has 0 saturated carbocycles. The summed E-state index contributed by atoms with van der Waals surface area (Å²) in [6.45, 7) is 0.944. The number of aromatic nitrogens is 3. The van der Waals surface area contributed by atoms with E-state index < -0.39 is 0 Å². The molecule has 7 nitrogen and oxygen atoms in total. The Morgan fingerprint density at radius 1 is 1.33 bits per heavy atom. The van der Waals surface area contributed by atoms with Gasteiger partial charge in [0.05, 0.1) is 11.7 Å². The number of thiazole rings is 1. The van der Waals surface area contributed by atoms with E-state index >= 15 is 0 Å².